The Morgan fingerprint density at radius 2 is 1.04 bits per heavy atom. The molecule has 4 rings (SSSR count). The molecule has 0 spiro atoms. The molecule has 2 aliphatic rings. The minimum absolute atomic E-state index is 0.210. The summed E-state index contributed by atoms with van der Waals surface area (Å²) >= 11 is 1.74. The molecule has 2 aliphatic carbocycles. The molecule has 0 nitrogen and oxygen atoms in total. The molecule has 0 heterocycles. The van der Waals surface area contributed by atoms with Crippen molar-refractivity contribution in [2.75, 3.05) is 0 Å². The molecule has 2 aromatic carbocycles. The summed E-state index contributed by atoms with van der Waals surface area (Å²) < 4.78 is 0. The van der Waals surface area contributed by atoms with Crippen molar-refractivity contribution in [2.24, 2.45) is 0 Å². The van der Waals surface area contributed by atoms with Gasteiger partial charge < -0.3 is 0 Å². The number of benzene rings is 2. The minimum Gasteiger partial charge on any atom is -0.197 e. The third-order valence-electron chi connectivity index (χ3n) is 3.56. The fourth-order valence-corrected chi connectivity index (χ4v) is 2.44. The van der Waals surface area contributed by atoms with E-state index in [4.69, 9.17) is 0 Å². The standard InChI is InChI=1S/2C11H9.C2H6Si.Zr/c2*1-2-6-10(7-3-1)11-8-4-5-9-11;1-3-2;/h2*1-4,6-8H,5H2;1-2H3;/q2*-1;;+2. The Bertz CT molecular complexity index is 742. The molecule has 2 heteroatoms. The van der Waals surface area contributed by atoms with Crippen LogP contribution >= 0.6 is 0 Å². The largest absolute Gasteiger partial charge is 0.197 e. The Labute approximate surface area is 173 Å². The SMILES string of the molecule is C[Si](C)=[Zr+2].[C-]1=C(c2ccccc2)C=CC1.[C-]1=C(c2ccccc2)C=CC1. The molecule has 2 aromatic rings. The van der Waals surface area contributed by atoms with Crippen LogP contribution < -0.4 is 0 Å². The van der Waals surface area contributed by atoms with Gasteiger partial charge in [0.1, 0.15) is 0 Å². The van der Waals surface area contributed by atoms with E-state index in [9.17, 15) is 0 Å². The van der Waals surface area contributed by atoms with Crippen molar-refractivity contribution in [2.45, 2.75) is 25.9 Å². The molecule has 0 bridgehead atoms. The fourth-order valence-electron chi connectivity index (χ4n) is 2.44. The molecule has 0 aromatic heterocycles. The minimum atomic E-state index is 0.210. The van der Waals surface area contributed by atoms with Gasteiger partial charge in [-0.1, -0.05) is 49.2 Å². The fraction of sp³-hybridized carbons (Fsp3) is 0.167. The van der Waals surface area contributed by atoms with E-state index >= 15 is 0 Å². The summed E-state index contributed by atoms with van der Waals surface area (Å²) in [5.41, 5.74) is 5.20. The van der Waals surface area contributed by atoms with Crippen molar-refractivity contribution in [1.29, 1.82) is 0 Å². The summed E-state index contributed by atoms with van der Waals surface area (Å²) in [6.45, 7) is 4.62. The van der Waals surface area contributed by atoms with Crippen LogP contribution in [-0.2, 0) is 23.3 Å². The van der Waals surface area contributed by atoms with Crippen molar-refractivity contribution in [3.8, 4) is 0 Å². The van der Waals surface area contributed by atoms with E-state index in [-0.39, 0.29) is 5.43 Å². The predicted octanol–water partition coefficient (Wildman–Crippen LogP) is 6.45. The molecule has 0 aliphatic heterocycles. The normalized spacial score (nSPS) is 13.8. The van der Waals surface area contributed by atoms with Gasteiger partial charge in [-0.3, -0.25) is 0 Å². The summed E-state index contributed by atoms with van der Waals surface area (Å²) in [7, 11) is 0. The van der Waals surface area contributed by atoms with Crippen molar-refractivity contribution >= 4 is 16.6 Å². The van der Waals surface area contributed by atoms with E-state index in [1.165, 1.54) is 22.3 Å². The van der Waals surface area contributed by atoms with Gasteiger partial charge in [0.15, 0.2) is 0 Å². The van der Waals surface area contributed by atoms with Crippen LogP contribution in [0.5, 0.6) is 0 Å². The second-order valence-electron chi connectivity index (χ2n) is 6.13. The van der Waals surface area contributed by atoms with Crippen molar-refractivity contribution in [3.63, 3.8) is 0 Å². The van der Waals surface area contributed by atoms with Crippen molar-refractivity contribution in [1.82, 2.24) is 0 Å². The molecule has 0 saturated heterocycles. The van der Waals surface area contributed by atoms with Crippen LogP contribution in [0, 0.1) is 12.2 Å². The monoisotopic (exact) mass is 430 g/mol. The Balaban J connectivity index is 0.000000156. The van der Waals surface area contributed by atoms with Crippen molar-refractivity contribution < 1.29 is 23.3 Å². The van der Waals surface area contributed by atoms with Crippen LogP contribution in [0.2, 0.25) is 13.1 Å². The van der Waals surface area contributed by atoms with E-state index in [0.717, 1.165) is 12.8 Å². The zero-order chi connectivity index (χ0) is 18.6. The third-order valence-corrected chi connectivity index (χ3v) is 3.56. The number of allylic oxidation sites excluding steroid dienone is 8. The molecule has 0 amide bonds. The summed E-state index contributed by atoms with van der Waals surface area (Å²) in [6.07, 6.45) is 17.0. The van der Waals surface area contributed by atoms with Crippen LogP contribution in [0.1, 0.15) is 24.0 Å². The Morgan fingerprint density at radius 1 is 0.692 bits per heavy atom. The Hall–Kier alpha value is -1.50. The van der Waals surface area contributed by atoms with Crippen LogP contribution in [0.25, 0.3) is 11.1 Å². The van der Waals surface area contributed by atoms with E-state index in [2.05, 4.69) is 98.1 Å². The van der Waals surface area contributed by atoms with E-state index in [0.29, 0.717) is 0 Å². The molecule has 0 radical (unpaired) electrons. The molecule has 0 saturated carbocycles. The van der Waals surface area contributed by atoms with Crippen LogP contribution in [0.15, 0.2) is 85.0 Å². The third kappa shape index (κ3) is 7.81. The van der Waals surface area contributed by atoms with E-state index < -0.39 is 0 Å². The molecule has 0 fully saturated rings. The average molecular weight is 432 g/mol. The maximum Gasteiger partial charge on any atom is -0.0643 e. The number of rotatable bonds is 2. The quantitative estimate of drug-likeness (QED) is 0.378. The zero-order valence-corrected chi connectivity index (χ0v) is 19.0. The first-order valence-electron chi connectivity index (χ1n) is 8.84. The number of hydrogen-bond donors (Lipinski definition) is 0. The number of hydrogen-bond acceptors (Lipinski definition) is 0. The molecule has 128 valence electrons. The summed E-state index contributed by atoms with van der Waals surface area (Å²) in [6, 6.07) is 20.7. The predicted molar refractivity (Wildman–Crippen MR) is 111 cm³/mol. The molecule has 26 heavy (non-hydrogen) atoms. The smallest absolute Gasteiger partial charge is 0.0643 e. The van der Waals surface area contributed by atoms with Gasteiger partial charge in [-0.2, -0.15) is 35.5 Å². The van der Waals surface area contributed by atoms with Crippen molar-refractivity contribution in [3.05, 3.63) is 108 Å². The Morgan fingerprint density at radius 3 is 1.31 bits per heavy atom. The molecule has 0 atom stereocenters. The van der Waals surface area contributed by atoms with Gasteiger partial charge in [0, 0.05) is 0 Å². The van der Waals surface area contributed by atoms with E-state index in [1.807, 2.05) is 12.1 Å². The first-order chi connectivity index (χ1) is 12.7. The van der Waals surface area contributed by atoms with Gasteiger partial charge in [-0.05, 0) is 0 Å². The molecular weight excluding hydrogens is 408 g/mol. The maximum absolute atomic E-state index is 3.28. The molecular formula is C24H24SiZr. The van der Waals surface area contributed by atoms with Gasteiger partial charge in [0.2, 0.25) is 0 Å². The van der Waals surface area contributed by atoms with Gasteiger partial charge in [-0.25, -0.2) is 0 Å². The van der Waals surface area contributed by atoms with Gasteiger partial charge in [-0.15, -0.1) is 47.5 Å². The summed E-state index contributed by atoms with van der Waals surface area (Å²) in [5, 5.41) is 0. The summed E-state index contributed by atoms with van der Waals surface area (Å²) in [4.78, 5) is 0. The average Bonchev–Trinajstić information content (AvgIpc) is 3.37. The van der Waals surface area contributed by atoms with E-state index in [1.54, 1.807) is 23.3 Å². The summed E-state index contributed by atoms with van der Waals surface area (Å²) in [5.74, 6) is 0. The topological polar surface area (TPSA) is 0 Å². The second kappa shape index (κ2) is 12.0. The van der Waals surface area contributed by atoms with Crippen LogP contribution in [0.4, 0.5) is 0 Å². The van der Waals surface area contributed by atoms with Crippen LogP contribution in [0.3, 0.4) is 0 Å². The zero-order valence-electron chi connectivity index (χ0n) is 15.5. The van der Waals surface area contributed by atoms with Gasteiger partial charge >= 0.3 is 41.9 Å². The van der Waals surface area contributed by atoms with Gasteiger partial charge in [0.05, 0.1) is 0 Å². The second-order valence-corrected chi connectivity index (χ2v) is 15.5. The Kier molecular flexibility index (Phi) is 9.60. The first kappa shape index (κ1) is 20.8. The molecule has 0 unspecified atom stereocenters. The first-order valence-corrected chi connectivity index (χ1v) is 15.0. The van der Waals surface area contributed by atoms with Gasteiger partial charge in [0.25, 0.3) is 0 Å². The molecule has 0 N–H and O–H groups in total. The maximum atomic E-state index is 3.28. The van der Waals surface area contributed by atoms with Crippen LogP contribution in [-0.4, -0.2) is 5.43 Å².